The summed E-state index contributed by atoms with van der Waals surface area (Å²) in [6.45, 7) is 0. The van der Waals surface area contributed by atoms with E-state index in [-0.39, 0.29) is 11.0 Å². The van der Waals surface area contributed by atoms with Gasteiger partial charge in [0.2, 0.25) is 0 Å². The van der Waals surface area contributed by atoms with Gasteiger partial charge in [0.25, 0.3) is 0 Å². The van der Waals surface area contributed by atoms with Gasteiger partial charge in [-0.1, -0.05) is 11.6 Å². The smallest absolute Gasteiger partial charge is 0.200 e. The second kappa shape index (κ2) is 3.51. The number of nitriles is 2. The molecule has 0 bridgehead atoms. The lowest BCUT2D eigenvalue weighted by molar-refractivity contribution is 1.12. The number of anilines is 1. The Labute approximate surface area is 73.4 Å². The summed E-state index contributed by atoms with van der Waals surface area (Å²) in [5.41, 5.74) is 0. The molecule has 12 heavy (non-hydrogen) atoms. The van der Waals surface area contributed by atoms with E-state index in [1.807, 2.05) is 0 Å². The van der Waals surface area contributed by atoms with Crippen LogP contribution in [-0.4, -0.2) is 9.97 Å². The van der Waals surface area contributed by atoms with Crippen molar-refractivity contribution in [1.29, 1.82) is 10.5 Å². The largest absolute Gasteiger partial charge is 0.239 e. The summed E-state index contributed by atoms with van der Waals surface area (Å²) in [5, 5.41) is 16.9. The third-order valence-electron chi connectivity index (χ3n) is 1.05. The quantitative estimate of drug-likeness (QED) is 0.473. The van der Waals surface area contributed by atoms with Crippen molar-refractivity contribution in [2.45, 2.75) is 0 Å². The minimum absolute atomic E-state index is 0.0283. The van der Waals surface area contributed by atoms with E-state index in [0.29, 0.717) is 4.90 Å². The molecule has 0 N–H and O–H groups in total. The van der Waals surface area contributed by atoms with E-state index in [1.165, 1.54) is 12.4 Å². The number of rotatable bonds is 1. The van der Waals surface area contributed by atoms with E-state index >= 15 is 0 Å². The average molecular weight is 180 g/mol. The topological polar surface area (TPSA) is 76.6 Å². The molecule has 1 aromatic heterocycles. The van der Waals surface area contributed by atoms with E-state index in [9.17, 15) is 0 Å². The predicted molar refractivity (Wildman–Crippen MR) is 40.7 cm³/mol. The van der Waals surface area contributed by atoms with Crippen LogP contribution in [0.1, 0.15) is 0 Å². The molecule has 0 atom stereocenters. The molecule has 0 unspecified atom stereocenters. The summed E-state index contributed by atoms with van der Waals surface area (Å²) in [6, 6.07) is 0. The number of nitrogens with zero attached hydrogens (tertiary/aromatic N) is 5. The maximum atomic E-state index is 8.43. The third-order valence-corrected chi connectivity index (χ3v) is 1.31. The highest BCUT2D eigenvalue weighted by Crippen LogP contribution is 2.17. The van der Waals surface area contributed by atoms with Crippen molar-refractivity contribution >= 4 is 17.4 Å². The van der Waals surface area contributed by atoms with Crippen molar-refractivity contribution in [3.05, 3.63) is 17.5 Å². The third kappa shape index (κ3) is 1.42. The summed E-state index contributed by atoms with van der Waals surface area (Å²) < 4.78 is 0. The first kappa shape index (κ1) is 8.25. The monoisotopic (exact) mass is 179 g/mol. The molecule has 0 spiro atoms. The Kier molecular flexibility index (Phi) is 2.42. The highest BCUT2D eigenvalue weighted by molar-refractivity contribution is 6.31. The van der Waals surface area contributed by atoms with Crippen LogP contribution in [0.4, 0.5) is 5.82 Å². The molecule has 0 saturated carbocycles. The summed E-state index contributed by atoms with van der Waals surface area (Å²) in [7, 11) is 0. The Balaban J connectivity index is 3.13. The fraction of sp³-hybridized carbons (Fsp3) is 0. The van der Waals surface area contributed by atoms with Crippen LogP contribution >= 0.6 is 11.6 Å². The Hall–Kier alpha value is -1.85. The van der Waals surface area contributed by atoms with Crippen LogP contribution in [-0.2, 0) is 0 Å². The van der Waals surface area contributed by atoms with Gasteiger partial charge in [-0.15, -0.1) is 0 Å². The van der Waals surface area contributed by atoms with E-state index in [4.69, 9.17) is 22.1 Å². The molecule has 1 aromatic rings. The first-order chi connectivity index (χ1) is 5.79. The lowest BCUT2D eigenvalue weighted by Crippen LogP contribution is -2.10. The van der Waals surface area contributed by atoms with Gasteiger partial charge >= 0.3 is 0 Å². The van der Waals surface area contributed by atoms with Crippen molar-refractivity contribution in [1.82, 2.24) is 9.97 Å². The molecule has 0 saturated heterocycles. The van der Waals surface area contributed by atoms with Crippen LogP contribution in [0.25, 0.3) is 0 Å². The molecule has 1 rings (SSSR count). The molecule has 6 heteroatoms. The Morgan fingerprint density at radius 1 is 1.25 bits per heavy atom. The van der Waals surface area contributed by atoms with Gasteiger partial charge in [0.05, 0.1) is 0 Å². The zero-order valence-corrected chi connectivity index (χ0v) is 6.52. The lowest BCUT2D eigenvalue weighted by Gasteiger charge is -2.03. The second-order valence-electron chi connectivity index (χ2n) is 1.71. The van der Waals surface area contributed by atoms with E-state index in [0.717, 1.165) is 0 Å². The molecular weight excluding hydrogens is 178 g/mol. The van der Waals surface area contributed by atoms with Crippen LogP contribution in [0.15, 0.2) is 12.4 Å². The van der Waals surface area contributed by atoms with Crippen molar-refractivity contribution in [2.75, 3.05) is 4.90 Å². The minimum atomic E-state index is 0.0283. The van der Waals surface area contributed by atoms with E-state index < -0.39 is 0 Å². The highest BCUT2D eigenvalue weighted by atomic mass is 35.5. The fourth-order valence-electron chi connectivity index (χ4n) is 0.581. The molecule has 0 fully saturated rings. The van der Waals surface area contributed by atoms with Crippen LogP contribution in [0.3, 0.4) is 0 Å². The molecule has 1 heterocycles. The van der Waals surface area contributed by atoms with Gasteiger partial charge in [0, 0.05) is 12.4 Å². The predicted octanol–water partition coefficient (Wildman–Crippen LogP) is 0.899. The maximum absolute atomic E-state index is 8.43. The summed E-state index contributed by atoms with van der Waals surface area (Å²) in [6.07, 6.45) is 5.91. The highest BCUT2D eigenvalue weighted by Gasteiger charge is 2.10. The molecule has 0 aliphatic carbocycles. The summed E-state index contributed by atoms with van der Waals surface area (Å²) in [4.78, 5) is 8.04. The van der Waals surface area contributed by atoms with Gasteiger partial charge in [0.1, 0.15) is 0 Å². The van der Waals surface area contributed by atoms with Gasteiger partial charge in [-0.2, -0.15) is 15.4 Å². The van der Waals surface area contributed by atoms with Crippen molar-refractivity contribution in [2.24, 2.45) is 0 Å². The minimum Gasteiger partial charge on any atom is -0.239 e. The average Bonchev–Trinajstić information content (AvgIpc) is 2.10. The molecule has 0 aromatic carbocycles. The summed E-state index contributed by atoms with van der Waals surface area (Å²) >= 11 is 5.56. The van der Waals surface area contributed by atoms with Gasteiger partial charge in [0.15, 0.2) is 23.4 Å². The van der Waals surface area contributed by atoms with Crippen molar-refractivity contribution in [3.8, 4) is 12.4 Å². The summed E-state index contributed by atoms with van der Waals surface area (Å²) in [5.74, 6) is 0.0455. The molecule has 0 aliphatic heterocycles. The normalized spacial score (nSPS) is 8.25. The second-order valence-corrected chi connectivity index (χ2v) is 2.06. The van der Waals surface area contributed by atoms with E-state index in [1.54, 1.807) is 12.4 Å². The zero-order valence-electron chi connectivity index (χ0n) is 5.77. The SMILES string of the molecule is N#CN(C#N)c1nccnc1Cl. The molecule has 0 amide bonds. The Morgan fingerprint density at radius 2 is 1.83 bits per heavy atom. The molecule has 0 aliphatic rings. The van der Waals surface area contributed by atoms with Crippen LogP contribution in [0.2, 0.25) is 5.15 Å². The zero-order chi connectivity index (χ0) is 8.97. The number of halogens is 1. The fourth-order valence-corrected chi connectivity index (χ4v) is 0.770. The maximum Gasteiger partial charge on any atom is 0.200 e. The van der Waals surface area contributed by atoms with Crippen LogP contribution < -0.4 is 4.90 Å². The van der Waals surface area contributed by atoms with Crippen molar-refractivity contribution in [3.63, 3.8) is 0 Å². The molecule has 0 radical (unpaired) electrons. The molecule has 5 nitrogen and oxygen atoms in total. The molecular formula is C6H2ClN5. The number of hydrogen-bond donors (Lipinski definition) is 0. The first-order valence-electron chi connectivity index (χ1n) is 2.85. The Morgan fingerprint density at radius 3 is 2.33 bits per heavy atom. The van der Waals surface area contributed by atoms with Crippen LogP contribution in [0.5, 0.6) is 0 Å². The Bertz CT molecular complexity index is 349. The van der Waals surface area contributed by atoms with Gasteiger partial charge in [-0.25, -0.2) is 9.97 Å². The number of aromatic nitrogens is 2. The molecule has 58 valence electrons. The standard InChI is InChI=1S/C6H2ClN5/c7-5-6(11-2-1-10-5)12(3-8)4-9/h1-2H. The van der Waals surface area contributed by atoms with Crippen LogP contribution in [0, 0.1) is 22.9 Å². The first-order valence-corrected chi connectivity index (χ1v) is 3.23. The number of hydrogen-bond acceptors (Lipinski definition) is 5. The van der Waals surface area contributed by atoms with Crippen molar-refractivity contribution < 1.29 is 0 Å². The van der Waals surface area contributed by atoms with E-state index in [2.05, 4.69) is 9.97 Å². The van der Waals surface area contributed by atoms with Gasteiger partial charge < -0.3 is 0 Å². The van der Waals surface area contributed by atoms with Gasteiger partial charge in [-0.3, -0.25) is 0 Å². The van der Waals surface area contributed by atoms with Gasteiger partial charge in [-0.05, 0) is 0 Å². The lowest BCUT2D eigenvalue weighted by atomic mass is 10.6.